The van der Waals surface area contributed by atoms with Crippen molar-refractivity contribution in [2.45, 2.75) is 45.3 Å². The summed E-state index contributed by atoms with van der Waals surface area (Å²) >= 11 is 0. The van der Waals surface area contributed by atoms with Crippen LogP contribution in [-0.4, -0.2) is 53.3 Å². The van der Waals surface area contributed by atoms with E-state index in [4.69, 9.17) is 4.74 Å². The van der Waals surface area contributed by atoms with Crippen molar-refractivity contribution in [2.75, 3.05) is 13.7 Å². The molecule has 2 atom stereocenters. The summed E-state index contributed by atoms with van der Waals surface area (Å²) in [6.07, 6.45) is -0.254. The molecular formula is C13H21NO6. The first-order chi connectivity index (χ1) is 9.15. The van der Waals surface area contributed by atoms with Crippen molar-refractivity contribution in [3.8, 4) is 0 Å². The molecule has 7 heteroatoms. The van der Waals surface area contributed by atoms with Gasteiger partial charge in [0.05, 0.1) is 13.5 Å². The normalized spacial score (nSPS) is 22.5. The fourth-order valence-corrected chi connectivity index (χ4v) is 2.23. The van der Waals surface area contributed by atoms with Gasteiger partial charge in [-0.25, -0.2) is 9.59 Å². The second-order valence-electron chi connectivity index (χ2n) is 5.79. The summed E-state index contributed by atoms with van der Waals surface area (Å²) in [6.45, 7) is 5.39. The van der Waals surface area contributed by atoms with Crippen LogP contribution in [0.3, 0.4) is 0 Å². The Morgan fingerprint density at radius 1 is 1.30 bits per heavy atom. The topological polar surface area (TPSA) is 93.1 Å². The van der Waals surface area contributed by atoms with Crippen molar-refractivity contribution < 1.29 is 29.0 Å². The van der Waals surface area contributed by atoms with E-state index in [9.17, 15) is 19.5 Å². The number of esters is 1. The first kappa shape index (κ1) is 16.3. The van der Waals surface area contributed by atoms with Crippen LogP contribution in [0.1, 0.15) is 33.6 Å². The Balaban J connectivity index is 2.80. The van der Waals surface area contributed by atoms with Crippen LogP contribution < -0.4 is 0 Å². The maximum atomic E-state index is 12.0. The number of carboxylic acid groups (broad SMARTS) is 1. The number of carbonyl (C=O) groups is 3. The van der Waals surface area contributed by atoms with Crippen LogP contribution in [0.25, 0.3) is 0 Å². The molecule has 1 fully saturated rings. The van der Waals surface area contributed by atoms with Crippen LogP contribution in [0, 0.1) is 5.92 Å². The average molecular weight is 287 g/mol. The number of ether oxygens (including phenoxy) is 2. The smallest absolute Gasteiger partial charge is 0.411 e. The molecule has 1 aliphatic heterocycles. The SMILES string of the molecule is COC(=O)C[C@@H]1CCN(C(=O)OC(C)(C)C)[C@@H]1C(=O)O. The molecule has 1 amide bonds. The Morgan fingerprint density at radius 2 is 1.90 bits per heavy atom. The lowest BCUT2D eigenvalue weighted by atomic mass is 9.97. The highest BCUT2D eigenvalue weighted by molar-refractivity contribution is 5.82. The molecule has 114 valence electrons. The summed E-state index contributed by atoms with van der Waals surface area (Å²) in [6, 6.07) is -1.05. The standard InChI is InChI=1S/C13H21NO6/c1-13(2,3)20-12(18)14-6-5-8(7-9(15)19-4)10(14)11(16)17/h8,10H,5-7H2,1-4H3,(H,16,17)/t8-,10-/m0/s1. The van der Waals surface area contributed by atoms with Gasteiger partial charge in [-0.05, 0) is 27.2 Å². The molecule has 0 radical (unpaired) electrons. The first-order valence-corrected chi connectivity index (χ1v) is 6.45. The molecule has 20 heavy (non-hydrogen) atoms. The fourth-order valence-electron chi connectivity index (χ4n) is 2.23. The third-order valence-electron chi connectivity index (χ3n) is 3.06. The van der Waals surface area contributed by atoms with Crippen LogP contribution >= 0.6 is 0 Å². The number of nitrogens with zero attached hydrogens (tertiary/aromatic N) is 1. The number of rotatable bonds is 3. The molecule has 1 saturated heterocycles. The summed E-state index contributed by atoms with van der Waals surface area (Å²) in [5.41, 5.74) is -0.694. The number of likely N-dealkylation sites (tertiary alicyclic amines) is 1. The molecule has 0 bridgehead atoms. The minimum Gasteiger partial charge on any atom is -0.480 e. The summed E-state index contributed by atoms with van der Waals surface area (Å²) in [7, 11) is 1.25. The summed E-state index contributed by atoms with van der Waals surface area (Å²) in [4.78, 5) is 35.8. The molecule has 0 unspecified atom stereocenters. The number of aliphatic carboxylic acids is 1. The van der Waals surface area contributed by atoms with Gasteiger partial charge in [-0.2, -0.15) is 0 Å². The number of methoxy groups -OCH3 is 1. The van der Waals surface area contributed by atoms with Gasteiger partial charge in [0.25, 0.3) is 0 Å². The predicted molar refractivity (Wildman–Crippen MR) is 69.1 cm³/mol. The van der Waals surface area contributed by atoms with E-state index in [0.717, 1.165) is 0 Å². The van der Waals surface area contributed by atoms with E-state index in [1.807, 2.05) is 0 Å². The zero-order valence-corrected chi connectivity index (χ0v) is 12.2. The maximum absolute atomic E-state index is 12.0. The Labute approximate surface area is 117 Å². The number of amides is 1. The van der Waals surface area contributed by atoms with Crippen molar-refractivity contribution >= 4 is 18.0 Å². The number of hydrogen-bond donors (Lipinski definition) is 1. The lowest BCUT2D eigenvalue weighted by Crippen LogP contribution is -2.45. The van der Waals surface area contributed by atoms with Crippen LogP contribution in [0.2, 0.25) is 0 Å². The van der Waals surface area contributed by atoms with Crippen molar-refractivity contribution in [1.29, 1.82) is 0 Å². The maximum Gasteiger partial charge on any atom is 0.411 e. The van der Waals surface area contributed by atoms with Gasteiger partial charge in [0, 0.05) is 12.5 Å². The van der Waals surface area contributed by atoms with Gasteiger partial charge >= 0.3 is 18.0 Å². The molecular weight excluding hydrogens is 266 g/mol. The molecule has 0 aliphatic carbocycles. The average Bonchev–Trinajstić information content (AvgIpc) is 2.70. The molecule has 0 aromatic carbocycles. The monoisotopic (exact) mass is 287 g/mol. The molecule has 0 aromatic rings. The van der Waals surface area contributed by atoms with E-state index < -0.39 is 35.6 Å². The van der Waals surface area contributed by atoms with Gasteiger partial charge in [-0.3, -0.25) is 9.69 Å². The molecule has 7 nitrogen and oxygen atoms in total. The van der Waals surface area contributed by atoms with E-state index in [1.165, 1.54) is 12.0 Å². The molecule has 1 rings (SSSR count). The van der Waals surface area contributed by atoms with Crippen molar-refractivity contribution in [3.05, 3.63) is 0 Å². The van der Waals surface area contributed by atoms with Gasteiger partial charge in [-0.15, -0.1) is 0 Å². The Kier molecular flexibility index (Phi) is 4.97. The molecule has 1 aliphatic rings. The predicted octanol–water partition coefficient (Wildman–Crippen LogP) is 1.26. The van der Waals surface area contributed by atoms with Crippen molar-refractivity contribution in [2.24, 2.45) is 5.92 Å². The molecule has 0 spiro atoms. The molecule has 0 saturated carbocycles. The van der Waals surface area contributed by atoms with Crippen LogP contribution in [0.4, 0.5) is 4.79 Å². The second kappa shape index (κ2) is 6.11. The highest BCUT2D eigenvalue weighted by Crippen LogP contribution is 2.29. The third kappa shape index (κ3) is 4.11. The Bertz CT molecular complexity index is 400. The highest BCUT2D eigenvalue weighted by Gasteiger charge is 2.44. The third-order valence-corrected chi connectivity index (χ3v) is 3.06. The van der Waals surface area contributed by atoms with E-state index in [1.54, 1.807) is 20.8 Å². The minimum absolute atomic E-state index is 0.0211. The number of carboxylic acids is 1. The van der Waals surface area contributed by atoms with Crippen LogP contribution in [-0.2, 0) is 19.1 Å². The quantitative estimate of drug-likeness (QED) is 0.785. The van der Waals surface area contributed by atoms with E-state index >= 15 is 0 Å². The summed E-state index contributed by atoms with van der Waals surface area (Å²) in [5, 5.41) is 9.29. The van der Waals surface area contributed by atoms with Crippen molar-refractivity contribution in [1.82, 2.24) is 4.90 Å². The van der Waals surface area contributed by atoms with Gasteiger partial charge in [0.15, 0.2) is 0 Å². The Morgan fingerprint density at radius 3 is 2.35 bits per heavy atom. The highest BCUT2D eigenvalue weighted by atomic mass is 16.6. The largest absolute Gasteiger partial charge is 0.480 e. The molecule has 1 N–H and O–H groups in total. The number of carbonyl (C=O) groups excluding carboxylic acids is 2. The van der Waals surface area contributed by atoms with Gasteiger partial charge in [-0.1, -0.05) is 0 Å². The van der Waals surface area contributed by atoms with E-state index in [2.05, 4.69) is 4.74 Å². The zero-order valence-electron chi connectivity index (χ0n) is 12.2. The lowest BCUT2D eigenvalue weighted by molar-refractivity contribution is -0.146. The van der Waals surface area contributed by atoms with Crippen LogP contribution in [0.5, 0.6) is 0 Å². The summed E-state index contributed by atoms with van der Waals surface area (Å²) in [5.74, 6) is -2.07. The zero-order chi connectivity index (χ0) is 15.5. The minimum atomic E-state index is -1.14. The lowest BCUT2D eigenvalue weighted by Gasteiger charge is -2.28. The van der Waals surface area contributed by atoms with E-state index in [0.29, 0.717) is 6.42 Å². The molecule has 0 aromatic heterocycles. The van der Waals surface area contributed by atoms with E-state index in [-0.39, 0.29) is 13.0 Å². The number of hydrogen-bond acceptors (Lipinski definition) is 5. The van der Waals surface area contributed by atoms with Gasteiger partial charge in [0.2, 0.25) is 0 Å². The van der Waals surface area contributed by atoms with Crippen molar-refractivity contribution in [3.63, 3.8) is 0 Å². The second-order valence-corrected chi connectivity index (χ2v) is 5.79. The summed E-state index contributed by atoms with van der Waals surface area (Å²) < 4.78 is 9.74. The Hall–Kier alpha value is -1.79. The van der Waals surface area contributed by atoms with Crippen LogP contribution in [0.15, 0.2) is 0 Å². The van der Waals surface area contributed by atoms with Gasteiger partial charge < -0.3 is 14.6 Å². The fraction of sp³-hybridized carbons (Fsp3) is 0.769. The molecule has 1 heterocycles. The van der Waals surface area contributed by atoms with Gasteiger partial charge in [0.1, 0.15) is 11.6 Å². The first-order valence-electron chi connectivity index (χ1n) is 6.45.